The Morgan fingerprint density at radius 2 is 2.13 bits per heavy atom. The summed E-state index contributed by atoms with van der Waals surface area (Å²) in [6.07, 6.45) is 1.30. The van der Waals surface area contributed by atoms with Crippen LogP contribution in [0.3, 0.4) is 0 Å². The molecule has 0 bridgehead atoms. The largest absolute Gasteiger partial charge is 0.413 e. The number of pyridine rings is 1. The van der Waals surface area contributed by atoms with Gasteiger partial charge in [-0.2, -0.15) is 18.3 Å². The van der Waals surface area contributed by atoms with Crippen molar-refractivity contribution in [1.82, 2.24) is 24.9 Å². The monoisotopic (exact) mass is 438 g/mol. The summed E-state index contributed by atoms with van der Waals surface area (Å²) in [7, 11) is 0. The van der Waals surface area contributed by atoms with E-state index in [-0.39, 0.29) is 17.4 Å². The predicted molar refractivity (Wildman–Crippen MR) is 101 cm³/mol. The van der Waals surface area contributed by atoms with Crippen molar-refractivity contribution in [2.24, 2.45) is 0 Å². The number of carbonyl (C=O) groups excluding carboxylic acids is 1. The van der Waals surface area contributed by atoms with Crippen LogP contribution in [-0.2, 0) is 0 Å². The van der Waals surface area contributed by atoms with Gasteiger partial charge in [0.1, 0.15) is 17.7 Å². The second kappa shape index (κ2) is 8.00. The van der Waals surface area contributed by atoms with Crippen LogP contribution in [0, 0.1) is 5.82 Å². The Morgan fingerprint density at radius 1 is 1.32 bits per heavy atom. The molecule has 4 heterocycles. The molecule has 164 valence electrons. The number of hydrogen-bond donors (Lipinski definition) is 1. The number of alkyl halides is 3. The van der Waals surface area contributed by atoms with E-state index in [0.717, 1.165) is 26.0 Å². The summed E-state index contributed by atoms with van der Waals surface area (Å²) >= 11 is 0. The molecule has 8 nitrogen and oxygen atoms in total. The highest BCUT2D eigenvalue weighted by atomic mass is 19.4. The van der Waals surface area contributed by atoms with Gasteiger partial charge >= 0.3 is 12.3 Å². The molecule has 3 aromatic heterocycles. The van der Waals surface area contributed by atoms with Crippen molar-refractivity contribution in [2.75, 3.05) is 11.4 Å². The standard InChI is InChI=1S/C19H18F4N6O2/c1-11(19(21,22)23)26-18(30)31-15-10-25-29-6-4-16(27-17(15)29)28-5-2-3-14(28)12-7-13(20)9-24-8-12/h4,6-11,14H,2-3,5H2,1H3,(H,26,30)/t11-,14-/m1/s1. The van der Waals surface area contributed by atoms with E-state index in [1.807, 2.05) is 4.90 Å². The highest BCUT2D eigenvalue weighted by Gasteiger charge is 2.37. The van der Waals surface area contributed by atoms with Gasteiger partial charge in [0, 0.05) is 18.9 Å². The molecular formula is C19H18F4N6O2. The number of nitrogens with one attached hydrogen (secondary N) is 1. The number of carbonyl (C=O) groups is 1. The van der Waals surface area contributed by atoms with E-state index in [4.69, 9.17) is 4.74 Å². The number of amides is 1. The Balaban J connectivity index is 1.57. The highest BCUT2D eigenvalue weighted by molar-refractivity contribution is 5.73. The minimum Gasteiger partial charge on any atom is -0.405 e. The predicted octanol–water partition coefficient (Wildman–Crippen LogP) is 3.64. The SMILES string of the molecule is C[C@@H](NC(=O)Oc1cnn2ccc(N3CCC[C@@H]3c3cncc(F)c3)nc12)C(F)(F)F. The van der Waals surface area contributed by atoms with Crippen LogP contribution >= 0.6 is 0 Å². The lowest BCUT2D eigenvalue weighted by atomic mass is 10.1. The average Bonchev–Trinajstić information content (AvgIpc) is 3.34. The molecular weight excluding hydrogens is 420 g/mol. The number of halogens is 4. The van der Waals surface area contributed by atoms with Crippen molar-refractivity contribution in [3.63, 3.8) is 0 Å². The van der Waals surface area contributed by atoms with Crippen LogP contribution in [0.5, 0.6) is 5.75 Å². The molecule has 4 rings (SSSR count). The van der Waals surface area contributed by atoms with Gasteiger partial charge in [-0.1, -0.05) is 0 Å². The number of nitrogens with zero attached hydrogens (tertiary/aromatic N) is 5. The second-order valence-corrected chi connectivity index (χ2v) is 7.15. The molecule has 0 radical (unpaired) electrons. The minimum absolute atomic E-state index is 0.0862. The molecule has 12 heteroatoms. The van der Waals surface area contributed by atoms with Crippen molar-refractivity contribution in [1.29, 1.82) is 0 Å². The maximum absolute atomic E-state index is 13.6. The molecule has 1 amide bonds. The van der Waals surface area contributed by atoms with Crippen molar-refractivity contribution in [3.05, 3.63) is 48.3 Å². The Kier molecular flexibility index (Phi) is 5.38. The molecule has 2 atom stereocenters. The normalized spacial score (nSPS) is 17.7. The van der Waals surface area contributed by atoms with Crippen molar-refractivity contribution >= 4 is 17.6 Å². The Labute approximate surface area is 173 Å². The summed E-state index contributed by atoms with van der Waals surface area (Å²) in [5.74, 6) is 0.0175. The summed E-state index contributed by atoms with van der Waals surface area (Å²) in [6, 6.07) is 0.922. The van der Waals surface area contributed by atoms with E-state index in [0.29, 0.717) is 17.9 Å². The average molecular weight is 438 g/mol. The first-order chi connectivity index (χ1) is 14.7. The van der Waals surface area contributed by atoms with Gasteiger partial charge in [0.15, 0.2) is 5.75 Å². The summed E-state index contributed by atoms with van der Waals surface area (Å²) in [6.45, 7) is 1.47. The zero-order valence-electron chi connectivity index (χ0n) is 16.3. The first-order valence-electron chi connectivity index (χ1n) is 9.49. The maximum atomic E-state index is 13.6. The number of hydrogen-bond acceptors (Lipinski definition) is 6. The summed E-state index contributed by atoms with van der Waals surface area (Å²) in [5.41, 5.74) is 0.875. The number of aromatic nitrogens is 4. The van der Waals surface area contributed by atoms with Crippen molar-refractivity contribution in [2.45, 2.75) is 38.0 Å². The zero-order valence-corrected chi connectivity index (χ0v) is 16.3. The number of anilines is 1. The molecule has 1 aliphatic rings. The van der Waals surface area contributed by atoms with E-state index in [9.17, 15) is 22.4 Å². The van der Waals surface area contributed by atoms with Gasteiger partial charge in [-0.3, -0.25) is 4.98 Å². The van der Waals surface area contributed by atoms with E-state index in [2.05, 4.69) is 15.1 Å². The van der Waals surface area contributed by atoms with Gasteiger partial charge in [-0.25, -0.2) is 18.7 Å². The third-order valence-corrected chi connectivity index (χ3v) is 5.01. The van der Waals surface area contributed by atoms with Crippen LogP contribution in [0.15, 0.2) is 36.9 Å². The van der Waals surface area contributed by atoms with Crippen molar-refractivity contribution < 1.29 is 27.1 Å². The Bertz CT molecular complexity index is 1100. The van der Waals surface area contributed by atoms with Crippen LogP contribution < -0.4 is 15.0 Å². The van der Waals surface area contributed by atoms with Crippen LogP contribution in [0.4, 0.5) is 28.2 Å². The third kappa shape index (κ3) is 4.37. The number of fused-ring (bicyclic) bond motifs is 1. The molecule has 0 spiro atoms. The molecule has 0 saturated carbocycles. The van der Waals surface area contributed by atoms with Gasteiger partial charge in [0.2, 0.25) is 5.65 Å². The number of ether oxygens (including phenoxy) is 1. The first-order valence-corrected chi connectivity index (χ1v) is 9.49. The molecule has 1 N–H and O–H groups in total. The van der Waals surface area contributed by atoms with Crippen LogP contribution in [-0.4, -0.2) is 44.4 Å². The summed E-state index contributed by atoms with van der Waals surface area (Å²) in [5, 5.41) is 5.73. The van der Waals surface area contributed by atoms with Gasteiger partial charge in [-0.05, 0) is 37.5 Å². The van der Waals surface area contributed by atoms with Crippen LogP contribution in [0.2, 0.25) is 0 Å². The fourth-order valence-corrected chi connectivity index (χ4v) is 3.46. The quantitative estimate of drug-likeness (QED) is 0.626. The first kappa shape index (κ1) is 20.8. The van der Waals surface area contributed by atoms with E-state index < -0.39 is 24.1 Å². The van der Waals surface area contributed by atoms with Gasteiger partial charge in [0.05, 0.1) is 18.4 Å². The van der Waals surface area contributed by atoms with E-state index >= 15 is 0 Å². The van der Waals surface area contributed by atoms with E-state index in [1.165, 1.54) is 16.8 Å². The molecule has 0 unspecified atom stereocenters. The molecule has 1 saturated heterocycles. The Morgan fingerprint density at radius 3 is 2.87 bits per heavy atom. The van der Waals surface area contributed by atoms with Gasteiger partial charge < -0.3 is 15.0 Å². The molecule has 3 aromatic rings. The molecule has 31 heavy (non-hydrogen) atoms. The second-order valence-electron chi connectivity index (χ2n) is 7.15. The summed E-state index contributed by atoms with van der Waals surface area (Å²) in [4.78, 5) is 22.2. The molecule has 1 aliphatic heterocycles. The topological polar surface area (TPSA) is 84.6 Å². The lowest BCUT2D eigenvalue weighted by molar-refractivity contribution is -0.149. The molecule has 0 aromatic carbocycles. The Hall–Kier alpha value is -3.44. The fourth-order valence-electron chi connectivity index (χ4n) is 3.46. The lowest BCUT2D eigenvalue weighted by Gasteiger charge is -2.26. The smallest absolute Gasteiger partial charge is 0.405 e. The van der Waals surface area contributed by atoms with Crippen LogP contribution in [0.25, 0.3) is 5.65 Å². The van der Waals surface area contributed by atoms with E-state index in [1.54, 1.807) is 23.8 Å². The fraction of sp³-hybridized carbons (Fsp3) is 0.368. The third-order valence-electron chi connectivity index (χ3n) is 5.01. The minimum atomic E-state index is -4.60. The number of rotatable bonds is 4. The molecule has 0 aliphatic carbocycles. The van der Waals surface area contributed by atoms with Crippen LogP contribution in [0.1, 0.15) is 31.4 Å². The maximum Gasteiger partial charge on any atom is 0.413 e. The highest BCUT2D eigenvalue weighted by Crippen LogP contribution is 2.35. The lowest BCUT2D eigenvalue weighted by Crippen LogP contribution is -2.44. The van der Waals surface area contributed by atoms with Gasteiger partial charge in [-0.15, -0.1) is 0 Å². The zero-order chi connectivity index (χ0) is 22.2. The molecule has 1 fully saturated rings. The summed E-state index contributed by atoms with van der Waals surface area (Å²) < 4.78 is 57.9. The van der Waals surface area contributed by atoms with Crippen molar-refractivity contribution in [3.8, 4) is 5.75 Å². The van der Waals surface area contributed by atoms with Gasteiger partial charge in [0.25, 0.3) is 0 Å².